The van der Waals surface area contributed by atoms with Gasteiger partial charge in [-0.25, -0.2) is 9.78 Å². The van der Waals surface area contributed by atoms with Crippen molar-refractivity contribution in [3.05, 3.63) is 6.33 Å². The Morgan fingerprint density at radius 1 is 1.34 bits per heavy atom. The Hall–Kier alpha value is -2.62. The molecule has 35 heavy (non-hydrogen) atoms. The number of hydrogen-bond donors (Lipinski definition) is 3. The number of carbonyl (C=O) groups excluding carboxylic acids is 2. The van der Waals surface area contributed by atoms with E-state index in [0.29, 0.717) is 0 Å². The van der Waals surface area contributed by atoms with Crippen molar-refractivity contribution in [2.45, 2.75) is 37.0 Å². The standard InChI is InChI=1S/C18H25N7O8PS/c1-18(29)11(26)9(5-32-34(30)35-6-8-14(27)24(3)17(28)23(8)2)33-15(18)25-7-20-10-12(25)21-16(19)22-13(10)31-4/h7-9,11,15,26,29H,5-6H2,1-4H3,(H2,19,21,22)/q+1/t8?,9-,11-,15-,18-/m1/s1. The normalized spacial score (nSPS) is 29.5. The van der Waals surface area contributed by atoms with Crippen molar-refractivity contribution in [3.8, 4) is 5.88 Å². The lowest BCUT2D eigenvalue weighted by Crippen LogP contribution is -2.44. The number of fused-ring (bicyclic) bond motifs is 1. The molecule has 2 aliphatic heterocycles. The second-order valence-electron chi connectivity index (χ2n) is 8.23. The van der Waals surface area contributed by atoms with Crippen molar-refractivity contribution in [2.75, 3.05) is 39.3 Å². The number of nitrogens with zero attached hydrogens (tertiary/aromatic N) is 6. The van der Waals surface area contributed by atoms with Crippen LogP contribution in [0.2, 0.25) is 0 Å². The number of amides is 3. The second-order valence-corrected chi connectivity index (χ2v) is 11.2. The molecule has 2 aromatic rings. The van der Waals surface area contributed by atoms with Crippen molar-refractivity contribution in [1.82, 2.24) is 29.3 Å². The molecule has 3 amide bonds. The summed E-state index contributed by atoms with van der Waals surface area (Å²) in [5.41, 5.74) is 4.45. The zero-order valence-corrected chi connectivity index (χ0v) is 21.0. The average molecular weight is 530 g/mol. The van der Waals surface area contributed by atoms with E-state index in [1.165, 1.54) is 43.9 Å². The summed E-state index contributed by atoms with van der Waals surface area (Å²) in [5, 5.41) is 21.7. The van der Waals surface area contributed by atoms with Gasteiger partial charge in [-0.1, -0.05) is 0 Å². The molecule has 4 rings (SSSR count). The number of aliphatic hydroxyl groups is 2. The van der Waals surface area contributed by atoms with E-state index in [-0.39, 0.29) is 35.4 Å². The Morgan fingerprint density at radius 2 is 2.06 bits per heavy atom. The number of ether oxygens (including phenoxy) is 2. The van der Waals surface area contributed by atoms with E-state index in [1.807, 2.05) is 0 Å². The van der Waals surface area contributed by atoms with Gasteiger partial charge in [-0.2, -0.15) is 9.97 Å². The third-order valence-corrected chi connectivity index (χ3v) is 8.39. The molecule has 0 radical (unpaired) electrons. The number of aliphatic hydroxyl groups excluding tert-OH is 1. The highest BCUT2D eigenvalue weighted by Gasteiger charge is 2.54. The van der Waals surface area contributed by atoms with Gasteiger partial charge in [0.25, 0.3) is 5.91 Å². The maximum atomic E-state index is 12.4. The summed E-state index contributed by atoms with van der Waals surface area (Å²) in [6.45, 7) is 1.07. The van der Waals surface area contributed by atoms with Crippen LogP contribution in [0.1, 0.15) is 13.2 Å². The van der Waals surface area contributed by atoms with Crippen molar-refractivity contribution < 1.29 is 38.4 Å². The molecule has 0 spiro atoms. The van der Waals surface area contributed by atoms with Crippen LogP contribution in [0.4, 0.5) is 10.7 Å². The van der Waals surface area contributed by atoms with Crippen molar-refractivity contribution in [2.24, 2.45) is 0 Å². The monoisotopic (exact) mass is 530 g/mol. The first-order chi connectivity index (χ1) is 16.5. The molecule has 0 aliphatic carbocycles. The molecule has 6 atom stereocenters. The number of aromatic nitrogens is 4. The number of hydrogen-bond acceptors (Lipinski definition) is 13. The number of likely N-dealkylation sites (N-methyl/N-ethyl adjacent to an activating group) is 2. The van der Waals surface area contributed by atoms with Crippen LogP contribution in [0.15, 0.2) is 6.33 Å². The molecule has 0 saturated carbocycles. The van der Waals surface area contributed by atoms with Gasteiger partial charge in [0.1, 0.15) is 30.5 Å². The zero-order chi connectivity index (χ0) is 25.7. The van der Waals surface area contributed by atoms with Crippen LogP contribution in [-0.2, 0) is 18.6 Å². The number of urea groups is 1. The largest absolute Gasteiger partial charge is 0.585 e. The van der Waals surface area contributed by atoms with Crippen LogP contribution in [0.5, 0.6) is 5.88 Å². The minimum Gasteiger partial charge on any atom is -0.479 e. The topological polar surface area (TPSA) is 195 Å². The van der Waals surface area contributed by atoms with Crippen LogP contribution in [-0.4, -0.2) is 109 Å². The number of imidazole rings is 1. The highest BCUT2D eigenvalue weighted by Crippen LogP contribution is 2.44. The summed E-state index contributed by atoms with van der Waals surface area (Å²) >= 11 is 0.862. The fourth-order valence-electron chi connectivity index (χ4n) is 3.94. The molecule has 17 heteroatoms. The highest BCUT2D eigenvalue weighted by atomic mass is 32.7. The van der Waals surface area contributed by atoms with Crippen LogP contribution < -0.4 is 10.5 Å². The molecular weight excluding hydrogens is 505 g/mol. The van der Waals surface area contributed by atoms with Crippen LogP contribution in [0.25, 0.3) is 11.2 Å². The molecule has 0 aromatic carbocycles. The summed E-state index contributed by atoms with van der Waals surface area (Å²) in [4.78, 5) is 38.5. The van der Waals surface area contributed by atoms with E-state index in [9.17, 15) is 24.4 Å². The third-order valence-electron chi connectivity index (χ3n) is 5.96. The summed E-state index contributed by atoms with van der Waals surface area (Å²) in [5.74, 6) is -0.269. The molecule has 4 heterocycles. The smallest absolute Gasteiger partial charge is 0.479 e. The summed E-state index contributed by atoms with van der Waals surface area (Å²) in [7, 11) is 1.95. The van der Waals surface area contributed by atoms with Crippen LogP contribution >= 0.6 is 18.6 Å². The molecule has 2 aromatic heterocycles. The zero-order valence-electron chi connectivity index (χ0n) is 19.3. The Kier molecular flexibility index (Phi) is 6.87. The molecular formula is C18H25N7O8PS+. The first-order valence-corrected chi connectivity index (χ1v) is 13.1. The Balaban J connectivity index is 1.41. The minimum atomic E-state index is -2.32. The number of nitrogens with two attached hydrogens (primary N) is 1. The molecule has 2 unspecified atom stereocenters. The number of nitrogen functional groups attached to an aromatic ring is 1. The van der Waals surface area contributed by atoms with E-state index in [4.69, 9.17) is 19.7 Å². The molecule has 2 aliphatic rings. The first kappa shape index (κ1) is 25.5. The predicted octanol–water partition coefficient (Wildman–Crippen LogP) is -0.274. The summed E-state index contributed by atoms with van der Waals surface area (Å²) in [6.07, 6.45) is -2.24. The fourth-order valence-corrected chi connectivity index (χ4v) is 6.11. The fraction of sp³-hybridized carbons (Fsp3) is 0.611. The number of imide groups is 1. The molecule has 15 nitrogen and oxygen atoms in total. The molecule has 2 fully saturated rings. The van der Waals surface area contributed by atoms with E-state index in [1.54, 1.807) is 0 Å². The van der Waals surface area contributed by atoms with Crippen LogP contribution in [0, 0.1) is 0 Å². The number of methoxy groups -OCH3 is 1. The quantitative estimate of drug-likeness (QED) is 0.298. The minimum absolute atomic E-state index is 0.0685. The van der Waals surface area contributed by atoms with Gasteiger partial charge in [-0.3, -0.25) is 14.3 Å². The van der Waals surface area contributed by atoms with Gasteiger partial charge < -0.3 is 30.3 Å². The lowest BCUT2D eigenvalue weighted by molar-refractivity contribution is -0.126. The van der Waals surface area contributed by atoms with Gasteiger partial charge in [0, 0.05) is 14.1 Å². The van der Waals surface area contributed by atoms with Gasteiger partial charge in [0.2, 0.25) is 11.8 Å². The molecule has 2 saturated heterocycles. The lowest BCUT2D eigenvalue weighted by atomic mass is 9.96. The molecule has 0 bridgehead atoms. The van der Waals surface area contributed by atoms with Crippen molar-refractivity contribution in [3.63, 3.8) is 0 Å². The summed E-state index contributed by atoms with van der Waals surface area (Å²) in [6, 6.07) is -1.19. The maximum Gasteiger partial charge on any atom is 0.585 e. The lowest BCUT2D eigenvalue weighted by Gasteiger charge is -2.27. The SMILES string of the molecule is COc1nc(N)nc2c1ncn2[C@@H]1O[C@H](CO[P+](=O)SCC2C(=O)N(C)C(=O)N2C)[C@@H](O)[C@@]1(C)O. The number of anilines is 1. The average Bonchev–Trinajstić information content (AvgIpc) is 3.39. The number of carbonyl (C=O) groups is 2. The van der Waals surface area contributed by atoms with Crippen molar-refractivity contribution >= 4 is 47.7 Å². The van der Waals surface area contributed by atoms with E-state index >= 15 is 0 Å². The van der Waals surface area contributed by atoms with E-state index in [0.717, 1.165) is 16.3 Å². The van der Waals surface area contributed by atoms with Gasteiger partial charge in [-0.05, 0) is 11.5 Å². The van der Waals surface area contributed by atoms with E-state index < -0.39 is 49.2 Å². The van der Waals surface area contributed by atoms with Crippen LogP contribution in [0.3, 0.4) is 0 Å². The predicted molar refractivity (Wildman–Crippen MR) is 123 cm³/mol. The third kappa shape index (κ3) is 4.41. The van der Waals surface area contributed by atoms with Gasteiger partial charge in [0.15, 0.2) is 28.8 Å². The maximum absolute atomic E-state index is 12.4. The second kappa shape index (κ2) is 9.44. The van der Waals surface area contributed by atoms with E-state index in [2.05, 4.69) is 15.0 Å². The van der Waals surface area contributed by atoms with Gasteiger partial charge in [0.05, 0.1) is 19.2 Å². The number of rotatable bonds is 8. The Labute approximate surface area is 204 Å². The van der Waals surface area contributed by atoms with Crippen molar-refractivity contribution in [1.29, 1.82) is 0 Å². The Bertz CT molecular complexity index is 1180. The van der Waals surface area contributed by atoms with Gasteiger partial charge >= 0.3 is 13.3 Å². The Morgan fingerprint density at radius 3 is 2.69 bits per heavy atom. The molecule has 190 valence electrons. The van der Waals surface area contributed by atoms with Gasteiger partial charge in [-0.15, -0.1) is 4.52 Å². The first-order valence-electron chi connectivity index (χ1n) is 10.3. The highest BCUT2D eigenvalue weighted by molar-refractivity contribution is 8.50. The summed E-state index contributed by atoms with van der Waals surface area (Å²) < 4.78 is 30.1. The molecule has 4 N–H and O–H groups in total.